The maximum Gasteiger partial charge on any atom is 0.405 e. The molecule has 0 saturated heterocycles. The summed E-state index contributed by atoms with van der Waals surface area (Å²) in [4.78, 5) is 0. The molecule has 12 heavy (non-hydrogen) atoms. The molecular weight excluding hydrogens is 171 g/mol. The normalized spacial score (nSPS) is 11.7. The highest BCUT2D eigenvalue weighted by Crippen LogP contribution is 2.17. The third kappa shape index (κ3) is 2.86. The van der Waals surface area contributed by atoms with E-state index in [1.165, 1.54) is 6.07 Å². The van der Waals surface area contributed by atoms with Crippen LogP contribution in [0.1, 0.15) is 5.76 Å². The minimum Gasteiger partial charge on any atom is -0.446 e. The lowest BCUT2D eigenvalue weighted by atomic mass is 10.5. The second-order valence-corrected chi connectivity index (χ2v) is 2.38. The van der Waals surface area contributed by atoms with Gasteiger partial charge in [0.2, 0.25) is 0 Å². The Morgan fingerprint density at radius 1 is 1.42 bits per heavy atom. The topological polar surface area (TPSA) is 25.2 Å². The lowest BCUT2D eigenvalue weighted by molar-refractivity contribution is -0.115. The minimum atomic E-state index is -4.21. The van der Waals surface area contributed by atoms with Crippen molar-refractivity contribution >= 4 is 5.88 Å². The number of alkyl halides is 3. The molecule has 0 bridgehead atoms. The molecule has 68 valence electrons. The highest BCUT2D eigenvalue weighted by molar-refractivity contribution is 5.31. The molecular formula is C7H8F3NO. The van der Waals surface area contributed by atoms with Gasteiger partial charge in [-0.25, -0.2) is 0 Å². The van der Waals surface area contributed by atoms with Gasteiger partial charge >= 0.3 is 6.18 Å². The van der Waals surface area contributed by atoms with Crippen LogP contribution in [-0.2, 0) is 0 Å². The zero-order valence-corrected chi connectivity index (χ0v) is 6.40. The van der Waals surface area contributed by atoms with Crippen molar-refractivity contribution in [3.63, 3.8) is 0 Å². The first-order chi connectivity index (χ1) is 5.47. The van der Waals surface area contributed by atoms with Crippen LogP contribution in [0.2, 0.25) is 0 Å². The van der Waals surface area contributed by atoms with Crippen molar-refractivity contribution in [2.45, 2.75) is 13.1 Å². The van der Waals surface area contributed by atoms with Gasteiger partial charge in [0, 0.05) is 6.07 Å². The van der Waals surface area contributed by atoms with E-state index in [1.807, 2.05) is 0 Å². The maximum atomic E-state index is 11.6. The van der Waals surface area contributed by atoms with Crippen molar-refractivity contribution < 1.29 is 17.6 Å². The maximum absolute atomic E-state index is 11.6. The number of hydrogen-bond donors (Lipinski definition) is 1. The molecule has 1 rings (SSSR count). The van der Waals surface area contributed by atoms with Gasteiger partial charge in [-0.3, -0.25) is 0 Å². The quantitative estimate of drug-likeness (QED) is 0.754. The predicted octanol–water partition coefficient (Wildman–Crippen LogP) is 2.56. The molecule has 2 nitrogen and oxygen atoms in total. The van der Waals surface area contributed by atoms with Gasteiger partial charge in [0.25, 0.3) is 0 Å². The molecule has 0 aliphatic heterocycles. The molecule has 0 aliphatic rings. The summed E-state index contributed by atoms with van der Waals surface area (Å²) in [7, 11) is 0. The van der Waals surface area contributed by atoms with Gasteiger partial charge in [0.1, 0.15) is 12.3 Å². The Bertz CT molecular complexity index is 253. The lowest BCUT2D eigenvalue weighted by Gasteiger charge is -2.05. The van der Waals surface area contributed by atoms with E-state index >= 15 is 0 Å². The molecule has 0 aliphatic carbocycles. The van der Waals surface area contributed by atoms with E-state index in [0.29, 0.717) is 5.76 Å². The van der Waals surface area contributed by atoms with Crippen molar-refractivity contribution in [2.75, 3.05) is 11.9 Å². The smallest absolute Gasteiger partial charge is 0.405 e. The molecule has 0 amide bonds. The first-order valence-electron chi connectivity index (χ1n) is 3.34. The summed E-state index contributed by atoms with van der Waals surface area (Å²) in [5.74, 6) is 0.726. The molecule has 1 aromatic rings. The zero-order valence-electron chi connectivity index (χ0n) is 6.40. The highest BCUT2D eigenvalue weighted by atomic mass is 19.4. The molecule has 0 radical (unpaired) electrons. The number of rotatable bonds is 2. The Morgan fingerprint density at radius 3 is 2.50 bits per heavy atom. The number of halogens is 3. The summed E-state index contributed by atoms with van der Waals surface area (Å²) in [6.45, 7) is 0.596. The molecule has 0 fully saturated rings. The Labute approximate surface area is 67.4 Å². The van der Waals surface area contributed by atoms with Crippen LogP contribution in [0, 0.1) is 6.92 Å². The van der Waals surface area contributed by atoms with Gasteiger partial charge in [-0.05, 0) is 13.0 Å². The van der Waals surface area contributed by atoms with Crippen molar-refractivity contribution in [3.8, 4) is 0 Å². The van der Waals surface area contributed by atoms with Gasteiger partial charge in [0.15, 0.2) is 5.88 Å². The molecule has 0 aromatic carbocycles. The van der Waals surface area contributed by atoms with Gasteiger partial charge < -0.3 is 9.73 Å². The van der Waals surface area contributed by atoms with Crippen LogP contribution >= 0.6 is 0 Å². The Hall–Kier alpha value is -1.13. The van der Waals surface area contributed by atoms with E-state index < -0.39 is 12.7 Å². The molecule has 0 saturated carbocycles. The standard InChI is InChI=1S/C7H8F3NO/c1-5-2-3-6(12-5)11-4-7(8,9)10/h2-3,11H,4H2,1H3. The summed E-state index contributed by atoms with van der Waals surface area (Å²) in [5, 5.41) is 2.11. The molecule has 0 spiro atoms. The SMILES string of the molecule is Cc1ccc(NCC(F)(F)F)o1. The summed E-state index contributed by atoms with van der Waals surface area (Å²) >= 11 is 0. The third-order valence-electron chi connectivity index (χ3n) is 1.20. The fourth-order valence-corrected chi connectivity index (χ4v) is 0.717. The molecule has 1 aromatic heterocycles. The average molecular weight is 179 g/mol. The molecule has 1 N–H and O–H groups in total. The highest BCUT2D eigenvalue weighted by Gasteiger charge is 2.26. The van der Waals surface area contributed by atoms with Crippen molar-refractivity contribution in [2.24, 2.45) is 0 Å². The molecule has 1 heterocycles. The van der Waals surface area contributed by atoms with Crippen molar-refractivity contribution in [1.29, 1.82) is 0 Å². The second kappa shape index (κ2) is 3.08. The first kappa shape index (κ1) is 8.96. The van der Waals surface area contributed by atoms with Crippen LogP contribution in [0.3, 0.4) is 0 Å². The van der Waals surface area contributed by atoms with Crippen molar-refractivity contribution in [3.05, 3.63) is 17.9 Å². The van der Waals surface area contributed by atoms with Gasteiger partial charge in [-0.2, -0.15) is 13.2 Å². The zero-order chi connectivity index (χ0) is 9.19. The average Bonchev–Trinajstić information content (AvgIpc) is 2.30. The second-order valence-electron chi connectivity index (χ2n) is 2.38. The molecule has 5 heteroatoms. The van der Waals surface area contributed by atoms with Crippen molar-refractivity contribution in [1.82, 2.24) is 0 Å². The fourth-order valence-electron chi connectivity index (χ4n) is 0.717. The van der Waals surface area contributed by atoms with Gasteiger partial charge in [-0.15, -0.1) is 0 Å². The summed E-state index contributed by atoms with van der Waals surface area (Å²) in [6, 6.07) is 3.06. The number of anilines is 1. The Kier molecular flexibility index (Phi) is 2.30. The fraction of sp³-hybridized carbons (Fsp3) is 0.429. The number of nitrogens with one attached hydrogen (secondary N) is 1. The van der Waals surface area contributed by atoms with E-state index in [9.17, 15) is 13.2 Å². The Morgan fingerprint density at radius 2 is 2.08 bits per heavy atom. The summed E-state index contributed by atoms with van der Waals surface area (Å²) < 4.78 is 39.8. The van der Waals surface area contributed by atoms with E-state index in [2.05, 4.69) is 5.32 Å². The third-order valence-corrected chi connectivity index (χ3v) is 1.20. The van der Waals surface area contributed by atoms with E-state index in [-0.39, 0.29) is 5.88 Å². The monoisotopic (exact) mass is 179 g/mol. The predicted molar refractivity (Wildman–Crippen MR) is 38.0 cm³/mol. The van der Waals surface area contributed by atoms with Crippen LogP contribution in [0.15, 0.2) is 16.5 Å². The van der Waals surface area contributed by atoms with Crippen LogP contribution in [-0.4, -0.2) is 12.7 Å². The Balaban J connectivity index is 2.44. The van der Waals surface area contributed by atoms with E-state index in [1.54, 1.807) is 13.0 Å². The first-order valence-corrected chi connectivity index (χ1v) is 3.34. The van der Waals surface area contributed by atoms with Crippen LogP contribution in [0.5, 0.6) is 0 Å². The van der Waals surface area contributed by atoms with E-state index in [0.717, 1.165) is 0 Å². The van der Waals surface area contributed by atoms with Crippen LogP contribution in [0.4, 0.5) is 19.1 Å². The van der Waals surface area contributed by atoms with Gasteiger partial charge in [-0.1, -0.05) is 0 Å². The summed E-state index contributed by atoms with van der Waals surface area (Å²) in [5.41, 5.74) is 0. The van der Waals surface area contributed by atoms with Gasteiger partial charge in [0.05, 0.1) is 0 Å². The van der Waals surface area contributed by atoms with Crippen LogP contribution < -0.4 is 5.32 Å². The van der Waals surface area contributed by atoms with E-state index in [4.69, 9.17) is 4.42 Å². The lowest BCUT2D eigenvalue weighted by Crippen LogP contribution is -2.20. The molecule has 0 unspecified atom stereocenters. The number of hydrogen-bond acceptors (Lipinski definition) is 2. The summed E-state index contributed by atoms with van der Waals surface area (Å²) in [6.07, 6.45) is -4.21. The largest absolute Gasteiger partial charge is 0.446 e. The minimum absolute atomic E-state index is 0.143. The number of aryl methyl sites for hydroxylation is 1. The molecule has 0 atom stereocenters. The van der Waals surface area contributed by atoms with Crippen LogP contribution in [0.25, 0.3) is 0 Å². The number of furan rings is 1.